The van der Waals surface area contributed by atoms with Crippen LogP contribution in [0.5, 0.6) is 5.75 Å². The number of aromatic nitrogens is 2. The van der Waals surface area contributed by atoms with E-state index in [1.807, 2.05) is 47.2 Å². The Labute approximate surface area is 167 Å². The molecule has 0 N–H and O–H groups in total. The van der Waals surface area contributed by atoms with E-state index >= 15 is 0 Å². The molecule has 0 saturated carbocycles. The Morgan fingerprint density at radius 3 is 2.78 bits per heavy atom. The largest absolute Gasteiger partial charge is 0.491 e. The van der Waals surface area contributed by atoms with E-state index in [0.29, 0.717) is 29.8 Å². The summed E-state index contributed by atoms with van der Waals surface area (Å²) in [4.78, 5) is 4.09. The zero-order chi connectivity index (χ0) is 18.7. The van der Waals surface area contributed by atoms with Crippen molar-refractivity contribution in [1.82, 2.24) is 9.55 Å². The van der Waals surface area contributed by atoms with Crippen molar-refractivity contribution in [3.63, 3.8) is 0 Å². The molecule has 27 heavy (non-hydrogen) atoms. The molecule has 1 aliphatic rings. The van der Waals surface area contributed by atoms with Crippen LogP contribution in [-0.4, -0.2) is 28.9 Å². The summed E-state index contributed by atoms with van der Waals surface area (Å²) in [7, 11) is 0. The van der Waals surface area contributed by atoms with Crippen LogP contribution in [-0.2, 0) is 21.8 Å². The maximum atomic E-state index is 6.46. The first-order chi connectivity index (χ1) is 13.1. The van der Waals surface area contributed by atoms with Crippen LogP contribution in [0.1, 0.15) is 5.56 Å². The van der Waals surface area contributed by atoms with Gasteiger partial charge >= 0.3 is 0 Å². The van der Waals surface area contributed by atoms with Crippen LogP contribution in [0.15, 0.2) is 67.3 Å². The summed E-state index contributed by atoms with van der Waals surface area (Å²) in [5.41, 5.74) is 0.726. The summed E-state index contributed by atoms with van der Waals surface area (Å²) >= 11 is 12.5. The van der Waals surface area contributed by atoms with Gasteiger partial charge in [-0.25, -0.2) is 4.98 Å². The number of nitrogens with zero attached hydrogens (tertiary/aromatic N) is 2. The predicted molar refractivity (Wildman–Crippen MR) is 103 cm³/mol. The molecule has 2 atom stereocenters. The minimum absolute atomic E-state index is 0.236. The van der Waals surface area contributed by atoms with Gasteiger partial charge in [0.1, 0.15) is 18.5 Å². The molecular weight excluding hydrogens is 387 g/mol. The number of rotatable bonds is 6. The Bertz CT molecular complexity index is 890. The standard InChI is InChI=1S/C20H18Cl2N2O3/c21-15-6-7-18(19(22)10-15)20(13-24-9-8-23-14-24)26-12-17(27-20)11-25-16-4-2-1-3-5-16/h1-10,14,17H,11-13H2. The zero-order valence-electron chi connectivity index (χ0n) is 14.4. The van der Waals surface area contributed by atoms with Crippen molar-refractivity contribution in [3.05, 3.63) is 82.9 Å². The minimum Gasteiger partial charge on any atom is -0.491 e. The number of benzene rings is 2. The van der Waals surface area contributed by atoms with E-state index in [4.69, 9.17) is 37.4 Å². The van der Waals surface area contributed by atoms with Gasteiger partial charge in [0.2, 0.25) is 5.79 Å². The minimum atomic E-state index is -1.03. The molecule has 1 aromatic heterocycles. The molecule has 140 valence electrons. The van der Waals surface area contributed by atoms with Crippen LogP contribution in [0.3, 0.4) is 0 Å². The van der Waals surface area contributed by atoms with Gasteiger partial charge in [-0.15, -0.1) is 0 Å². The normalized spacial score (nSPS) is 22.1. The average molecular weight is 405 g/mol. The molecule has 0 spiro atoms. The van der Waals surface area contributed by atoms with Crippen molar-refractivity contribution in [2.75, 3.05) is 13.2 Å². The average Bonchev–Trinajstić information content (AvgIpc) is 3.32. The number of hydrogen-bond acceptors (Lipinski definition) is 4. The highest BCUT2D eigenvalue weighted by Gasteiger charge is 2.45. The third-order valence-electron chi connectivity index (χ3n) is 4.33. The van der Waals surface area contributed by atoms with Crippen LogP contribution in [0.25, 0.3) is 0 Å². The molecule has 1 aliphatic heterocycles. The number of hydrogen-bond donors (Lipinski definition) is 0. The van der Waals surface area contributed by atoms with Crippen LogP contribution >= 0.6 is 23.2 Å². The summed E-state index contributed by atoms with van der Waals surface area (Å²) < 4.78 is 20.2. The smallest absolute Gasteiger partial charge is 0.215 e. The summed E-state index contributed by atoms with van der Waals surface area (Å²) in [6, 6.07) is 14.9. The van der Waals surface area contributed by atoms with E-state index in [1.54, 1.807) is 24.7 Å². The van der Waals surface area contributed by atoms with Gasteiger partial charge in [-0.05, 0) is 24.3 Å². The van der Waals surface area contributed by atoms with Gasteiger partial charge in [0, 0.05) is 23.0 Å². The third-order valence-corrected chi connectivity index (χ3v) is 4.88. The predicted octanol–water partition coefficient (Wildman–Crippen LogP) is 4.54. The van der Waals surface area contributed by atoms with Crippen LogP contribution in [0.2, 0.25) is 10.0 Å². The first-order valence-corrected chi connectivity index (χ1v) is 9.31. The van der Waals surface area contributed by atoms with Gasteiger partial charge < -0.3 is 18.8 Å². The van der Waals surface area contributed by atoms with E-state index in [9.17, 15) is 0 Å². The van der Waals surface area contributed by atoms with Gasteiger partial charge in [0.05, 0.1) is 24.5 Å². The Hall–Kier alpha value is -2.05. The monoisotopic (exact) mass is 404 g/mol. The van der Waals surface area contributed by atoms with Crippen LogP contribution in [0.4, 0.5) is 0 Å². The number of imidazole rings is 1. The van der Waals surface area contributed by atoms with Gasteiger partial charge in [0.15, 0.2) is 0 Å². The van der Waals surface area contributed by atoms with E-state index in [1.165, 1.54) is 0 Å². The number of para-hydroxylation sites is 1. The van der Waals surface area contributed by atoms with E-state index < -0.39 is 5.79 Å². The van der Waals surface area contributed by atoms with E-state index in [0.717, 1.165) is 11.3 Å². The molecule has 7 heteroatoms. The first kappa shape index (κ1) is 18.3. The topological polar surface area (TPSA) is 45.5 Å². The molecule has 0 amide bonds. The Morgan fingerprint density at radius 1 is 1.19 bits per heavy atom. The lowest BCUT2D eigenvalue weighted by molar-refractivity contribution is -0.189. The third kappa shape index (κ3) is 4.12. The first-order valence-electron chi connectivity index (χ1n) is 8.55. The number of ether oxygens (including phenoxy) is 3. The molecule has 5 nitrogen and oxygen atoms in total. The van der Waals surface area contributed by atoms with Crippen molar-refractivity contribution in [1.29, 1.82) is 0 Å². The Kier molecular flexibility index (Phi) is 5.36. The molecule has 0 radical (unpaired) electrons. The van der Waals surface area contributed by atoms with Crippen molar-refractivity contribution < 1.29 is 14.2 Å². The maximum absolute atomic E-state index is 6.46. The van der Waals surface area contributed by atoms with Crippen molar-refractivity contribution >= 4 is 23.2 Å². The molecule has 0 bridgehead atoms. The zero-order valence-corrected chi connectivity index (χ0v) is 15.9. The van der Waals surface area contributed by atoms with Crippen LogP contribution in [0, 0.1) is 0 Å². The fraction of sp³-hybridized carbons (Fsp3) is 0.250. The fourth-order valence-corrected chi connectivity index (χ4v) is 3.63. The lowest BCUT2D eigenvalue weighted by Crippen LogP contribution is -2.34. The molecule has 2 unspecified atom stereocenters. The van der Waals surface area contributed by atoms with Gasteiger partial charge in [-0.1, -0.05) is 47.5 Å². The molecule has 1 fully saturated rings. The second-order valence-corrected chi connectivity index (χ2v) is 7.13. The lowest BCUT2D eigenvalue weighted by atomic mass is 10.1. The molecule has 2 aromatic carbocycles. The van der Waals surface area contributed by atoms with Crippen molar-refractivity contribution in [3.8, 4) is 5.75 Å². The summed E-state index contributed by atoms with van der Waals surface area (Å²) in [6.45, 7) is 1.18. The Morgan fingerprint density at radius 2 is 2.04 bits per heavy atom. The summed E-state index contributed by atoms with van der Waals surface area (Å²) in [5.74, 6) is -0.245. The van der Waals surface area contributed by atoms with Crippen molar-refractivity contribution in [2.24, 2.45) is 0 Å². The highest BCUT2D eigenvalue weighted by molar-refractivity contribution is 6.35. The molecule has 1 saturated heterocycles. The van der Waals surface area contributed by atoms with Crippen molar-refractivity contribution in [2.45, 2.75) is 18.4 Å². The molecule has 4 rings (SSSR count). The number of halogens is 2. The fourth-order valence-electron chi connectivity index (χ4n) is 3.08. The lowest BCUT2D eigenvalue weighted by Gasteiger charge is -2.30. The quantitative estimate of drug-likeness (QED) is 0.604. The second-order valence-electron chi connectivity index (χ2n) is 6.29. The highest BCUT2D eigenvalue weighted by atomic mass is 35.5. The molecule has 2 heterocycles. The molecular formula is C20H18Cl2N2O3. The summed E-state index contributed by atoms with van der Waals surface area (Å²) in [5, 5.41) is 1.05. The van der Waals surface area contributed by atoms with E-state index in [2.05, 4.69) is 4.98 Å². The second kappa shape index (κ2) is 7.90. The van der Waals surface area contributed by atoms with Gasteiger partial charge in [0.25, 0.3) is 0 Å². The Balaban J connectivity index is 1.56. The van der Waals surface area contributed by atoms with Gasteiger partial charge in [-0.3, -0.25) is 0 Å². The van der Waals surface area contributed by atoms with E-state index in [-0.39, 0.29) is 6.10 Å². The van der Waals surface area contributed by atoms with Gasteiger partial charge in [-0.2, -0.15) is 0 Å². The SMILES string of the molecule is Clc1ccc(C2(Cn3ccnc3)OCC(COc3ccccc3)O2)c(Cl)c1. The molecule has 0 aliphatic carbocycles. The highest BCUT2D eigenvalue weighted by Crippen LogP contribution is 2.40. The summed E-state index contributed by atoms with van der Waals surface area (Å²) in [6.07, 6.45) is 5.04. The maximum Gasteiger partial charge on any atom is 0.215 e. The van der Waals surface area contributed by atoms with Crippen LogP contribution < -0.4 is 4.74 Å². The molecule has 3 aromatic rings.